The molecule has 0 fully saturated rings. The van der Waals surface area contributed by atoms with Crippen LogP contribution >= 0.6 is 0 Å². The highest BCUT2D eigenvalue weighted by Crippen LogP contribution is 2.08. The maximum atomic E-state index is 11.6. The second kappa shape index (κ2) is 5.34. The van der Waals surface area contributed by atoms with Crippen LogP contribution in [-0.2, 0) is 11.2 Å². The van der Waals surface area contributed by atoms with Gasteiger partial charge in [0.2, 0.25) is 0 Å². The summed E-state index contributed by atoms with van der Waals surface area (Å²) in [7, 11) is 0. The lowest BCUT2D eigenvalue weighted by molar-refractivity contribution is -0.139. The van der Waals surface area contributed by atoms with E-state index in [0.29, 0.717) is 18.6 Å². The molecule has 5 nitrogen and oxygen atoms in total. The molecule has 0 unspecified atom stereocenters. The van der Waals surface area contributed by atoms with Gasteiger partial charge in [-0.2, -0.15) is 0 Å². The van der Waals surface area contributed by atoms with Gasteiger partial charge in [0.15, 0.2) is 5.76 Å². The molecule has 1 aromatic heterocycles. The number of hydrogen-bond donors (Lipinski definition) is 2. The molecule has 0 aliphatic heterocycles. The van der Waals surface area contributed by atoms with Crippen molar-refractivity contribution in [3.8, 4) is 0 Å². The van der Waals surface area contributed by atoms with Crippen LogP contribution in [0.4, 0.5) is 0 Å². The minimum Gasteiger partial charge on any atom is -0.480 e. The van der Waals surface area contributed by atoms with Gasteiger partial charge in [-0.15, -0.1) is 0 Å². The Morgan fingerprint density at radius 2 is 2.12 bits per heavy atom. The van der Waals surface area contributed by atoms with Crippen molar-refractivity contribution in [2.45, 2.75) is 32.7 Å². The van der Waals surface area contributed by atoms with E-state index in [4.69, 9.17) is 9.52 Å². The lowest BCUT2D eigenvalue weighted by Crippen LogP contribution is -2.40. The standard InChI is InChI=1S/C11H15NO4/c1-3-7-5-6-9(16-7)10(13)12-8(4-2)11(14)15/h5-6,8H,3-4H2,1-2H3,(H,12,13)(H,14,15)/t8-/m0/s1. The van der Waals surface area contributed by atoms with Crippen LogP contribution in [0.2, 0.25) is 0 Å². The Balaban J connectivity index is 2.67. The average Bonchev–Trinajstić information content (AvgIpc) is 2.73. The number of furan rings is 1. The summed E-state index contributed by atoms with van der Waals surface area (Å²) in [4.78, 5) is 22.3. The normalized spacial score (nSPS) is 12.1. The zero-order valence-electron chi connectivity index (χ0n) is 9.32. The van der Waals surface area contributed by atoms with Gasteiger partial charge in [-0.05, 0) is 18.6 Å². The number of aryl methyl sites for hydroxylation is 1. The van der Waals surface area contributed by atoms with Crippen LogP contribution < -0.4 is 5.32 Å². The zero-order valence-corrected chi connectivity index (χ0v) is 9.32. The van der Waals surface area contributed by atoms with E-state index in [2.05, 4.69) is 5.32 Å². The third-order valence-electron chi connectivity index (χ3n) is 2.25. The van der Waals surface area contributed by atoms with E-state index < -0.39 is 17.9 Å². The fourth-order valence-corrected chi connectivity index (χ4v) is 1.26. The zero-order chi connectivity index (χ0) is 12.1. The molecule has 2 N–H and O–H groups in total. The number of hydrogen-bond acceptors (Lipinski definition) is 3. The quantitative estimate of drug-likeness (QED) is 0.794. The van der Waals surface area contributed by atoms with Gasteiger partial charge in [0.1, 0.15) is 11.8 Å². The monoisotopic (exact) mass is 225 g/mol. The van der Waals surface area contributed by atoms with Crippen molar-refractivity contribution in [1.29, 1.82) is 0 Å². The molecular formula is C11H15NO4. The molecule has 0 aliphatic rings. The van der Waals surface area contributed by atoms with Crippen LogP contribution in [0.1, 0.15) is 36.6 Å². The number of carboxylic acids is 1. The van der Waals surface area contributed by atoms with Crippen LogP contribution in [0, 0.1) is 0 Å². The van der Waals surface area contributed by atoms with Gasteiger partial charge in [-0.1, -0.05) is 13.8 Å². The first-order chi connectivity index (χ1) is 7.58. The SMILES string of the molecule is CCc1ccc(C(=O)N[C@@H](CC)C(=O)O)o1. The summed E-state index contributed by atoms with van der Waals surface area (Å²) in [6.45, 7) is 3.60. The van der Waals surface area contributed by atoms with Crippen molar-refractivity contribution in [1.82, 2.24) is 5.32 Å². The summed E-state index contributed by atoms with van der Waals surface area (Å²) in [6, 6.07) is 2.38. The molecule has 16 heavy (non-hydrogen) atoms. The number of carboxylic acid groups (broad SMARTS) is 1. The van der Waals surface area contributed by atoms with Crippen molar-refractivity contribution in [3.63, 3.8) is 0 Å². The van der Waals surface area contributed by atoms with Crippen LogP contribution in [0.25, 0.3) is 0 Å². The molecule has 1 amide bonds. The molecule has 0 aliphatic carbocycles. The minimum absolute atomic E-state index is 0.150. The Kier molecular flexibility index (Phi) is 4.10. The number of amides is 1. The topological polar surface area (TPSA) is 79.5 Å². The van der Waals surface area contributed by atoms with Gasteiger partial charge in [0.25, 0.3) is 5.91 Å². The number of carbonyl (C=O) groups is 2. The van der Waals surface area contributed by atoms with E-state index in [0.717, 1.165) is 0 Å². The van der Waals surface area contributed by atoms with E-state index in [1.807, 2.05) is 6.92 Å². The number of aliphatic carboxylic acids is 1. The van der Waals surface area contributed by atoms with Gasteiger partial charge in [0, 0.05) is 6.42 Å². The summed E-state index contributed by atoms with van der Waals surface area (Å²) >= 11 is 0. The van der Waals surface area contributed by atoms with E-state index in [1.54, 1.807) is 19.1 Å². The van der Waals surface area contributed by atoms with E-state index in [9.17, 15) is 9.59 Å². The average molecular weight is 225 g/mol. The fraction of sp³-hybridized carbons (Fsp3) is 0.455. The van der Waals surface area contributed by atoms with Gasteiger partial charge >= 0.3 is 5.97 Å². The predicted molar refractivity (Wildman–Crippen MR) is 57.3 cm³/mol. The Morgan fingerprint density at radius 3 is 2.56 bits per heavy atom. The van der Waals surface area contributed by atoms with Crippen molar-refractivity contribution < 1.29 is 19.1 Å². The minimum atomic E-state index is -1.04. The predicted octanol–water partition coefficient (Wildman–Crippen LogP) is 1.44. The Morgan fingerprint density at radius 1 is 1.44 bits per heavy atom. The largest absolute Gasteiger partial charge is 0.480 e. The van der Waals surface area contributed by atoms with Crippen molar-refractivity contribution in [2.24, 2.45) is 0 Å². The molecule has 0 spiro atoms. The molecule has 5 heteroatoms. The molecule has 1 aromatic rings. The molecule has 88 valence electrons. The highest BCUT2D eigenvalue weighted by Gasteiger charge is 2.20. The van der Waals surface area contributed by atoms with E-state index in [-0.39, 0.29) is 5.76 Å². The van der Waals surface area contributed by atoms with Crippen molar-refractivity contribution >= 4 is 11.9 Å². The molecule has 1 atom stereocenters. The summed E-state index contributed by atoms with van der Waals surface area (Å²) in [5.41, 5.74) is 0. The maximum absolute atomic E-state index is 11.6. The van der Waals surface area contributed by atoms with Crippen LogP contribution in [0.3, 0.4) is 0 Å². The Hall–Kier alpha value is -1.78. The molecule has 0 radical (unpaired) electrons. The van der Waals surface area contributed by atoms with Gasteiger partial charge in [-0.3, -0.25) is 4.79 Å². The first-order valence-corrected chi connectivity index (χ1v) is 5.20. The van der Waals surface area contributed by atoms with Crippen molar-refractivity contribution in [3.05, 3.63) is 23.7 Å². The number of nitrogens with one attached hydrogen (secondary N) is 1. The highest BCUT2D eigenvalue weighted by atomic mass is 16.4. The molecule has 0 saturated carbocycles. The first-order valence-electron chi connectivity index (χ1n) is 5.20. The third kappa shape index (κ3) is 2.85. The van der Waals surface area contributed by atoms with Gasteiger partial charge in [0.05, 0.1) is 0 Å². The highest BCUT2D eigenvalue weighted by molar-refractivity contribution is 5.94. The Labute approximate surface area is 93.4 Å². The van der Waals surface area contributed by atoms with E-state index >= 15 is 0 Å². The molecule has 1 heterocycles. The van der Waals surface area contributed by atoms with Crippen LogP contribution in [0.15, 0.2) is 16.5 Å². The second-order valence-electron chi connectivity index (χ2n) is 3.39. The maximum Gasteiger partial charge on any atom is 0.326 e. The summed E-state index contributed by atoms with van der Waals surface area (Å²) < 4.78 is 5.21. The first kappa shape index (κ1) is 12.3. The van der Waals surface area contributed by atoms with Crippen LogP contribution in [-0.4, -0.2) is 23.0 Å². The summed E-state index contributed by atoms with van der Waals surface area (Å²) in [5.74, 6) is -0.683. The molecule has 0 bridgehead atoms. The van der Waals surface area contributed by atoms with Crippen molar-refractivity contribution in [2.75, 3.05) is 0 Å². The Bertz CT molecular complexity index is 383. The molecular weight excluding hydrogens is 210 g/mol. The number of rotatable bonds is 5. The third-order valence-corrected chi connectivity index (χ3v) is 2.25. The molecule has 0 aromatic carbocycles. The van der Waals surface area contributed by atoms with Gasteiger partial charge < -0.3 is 14.8 Å². The molecule has 1 rings (SSSR count). The van der Waals surface area contributed by atoms with E-state index in [1.165, 1.54) is 0 Å². The number of carbonyl (C=O) groups excluding carboxylic acids is 1. The summed E-state index contributed by atoms with van der Waals surface area (Å²) in [5, 5.41) is 11.2. The smallest absolute Gasteiger partial charge is 0.326 e. The summed E-state index contributed by atoms with van der Waals surface area (Å²) in [6.07, 6.45) is 1.03. The molecule has 0 saturated heterocycles. The fourth-order valence-electron chi connectivity index (χ4n) is 1.26. The second-order valence-corrected chi connectivity index (χ2v) is 3.39. The van der Waals surface area contributed by atoms with Crippen LogP contribution in [0.5, 0.6) is 0 Å². The lowest BCUT2D eigenvalue weighted by Gasteiger charge is -2.10. The van der Waals surface area contributed by atoms with Gasteiger partial charge in [-0.25, -0.2) is 4.79 Å². The lowest BCUT2D eigenvalue weighted by atomic mass is 10.2.